The van der Waals surface area contributed by atoms with E-state index in [-0.39, 0.29) is 20.9 Å². The molecule has 0 radical (unpaired) electrons. The summed E-state index contributed by atoms with van der Waals surface area (Å²) in [4.78, 5) is 12.2. The molecule has 1 rings (SSSR count). The standard InChI is InChI=1S/C17H24O3Se/c1-13(2)9-8-12-15(18)17(3,16(19)20-4)21-14-10-6-5-7-11-14/h5-7,9-11,15,18H,8,12H2,1-4H3/t15-,17+/m1/s1. The van der Waals surface area contributed by atoms with E-state index < -0.39 is 10.4 Å². The molecular weight excluding hydrogens is 331 g/mol. The zero-order chi connectivity index (χ0) is 15.9. The van der Waals surface area contributed by atoms with Gasteiger partial charge in [-0.15, -0.1) is 0 Å². The van der Waals surface area contributed by atoms with Crippen LogP contribution in [0.15, 0.2) is 42.0 Å². The summed E-state index contributed by atoms with van der Waals surface area (Å²) in [6.45, 7) is 5.86. The van der Waals surface area contributed by atoms with Crippen LogP contribution in [0.4, 0.5) is 0 Å². The van der Waals surface area contributed by atoms with Crippen LogP contribution in [0.25, 0.3) is 0 Å². The Hall–Kier alpha value is -1.09. The maximum absolute atomic E-state index is 12.2. The van der Waals surface area contributed by atoms with Gasteiger partial charge in [-0.3, -0.25) is 0 Å². The molecule has 116 valence electrons. The van der Waals surface area contributed by atoms with Crippen LogP contribution in [0.2, 0.25) is 4.31 Å². The molecule has 1 N–H and O–H groups in total. The number of carbonyl (C=O) groups is 1. The summed E-state index contributed by atoms with van der Waals surface area (Å²) < 4.78 is 5.16. The average Bonchev–Trinajstić information content (AvgIpc) is 2.46. The fourth-order valence-corrected chi connectivity index (χ4v) is 4.51. The molecule has 0 aliphatic heterocycles. The predicted octanol–water partition coefficient (Wildman–Crippen LogP) is 2.48. The van der Waals surface area contributed by atoms with Gasteiger partial charge in [-0.1, -0.05) is 0 Å². The molecule has 0 fully saturated rings. The zero-order valence-electron chi connectivity index (χ0n) is 13.1. The van der Waals surface area contributed by atoms with Crippen molar-refractivity contribution in [1.29, 1.82) is 0 Å². The first kappa shape index (κ1) is 18.0. The van der Waals surface area contributed by atoms with Crippen LogP contribution < -0.4 is 4.46 Å². The molecule has 0 saturated carbocycles. The van der Waals surface area contributed by atoms with Crippen molar-refractivity contribution in [3.05, 3.63) is 42.0 Å². The van der Waals surface area contributed by atoms with Gasteiger partial charge in [0.1, 0.15) is 0 Å². The van der Waals surface area contributed by atoms with Crippen LogP contribution >= 0.6 is 0 Å². The molecule has 4 heteroatoms. The van der Waals surface area contributed by atoms with Gasteiger partial charge in [0.05, 0.1) is 0 Å². The zero-order valence-corrected chi connectivity index (χ0v) is 14.8. The third-order valence-corrected chi connectivity index (χ3v) is 6.17. The van der Waals surface area contributed by atoms with Crippen molar-refractivity contribution in [3.63, 3.8) is 0 Å². The first-order chi connectivity index (χ1) is 9.90. The second-order valence-electron chi connectivity index (χ2n) is 5.39. The van der Waals surface area contributed by atoms with E-state index in [9.17, 15) is 9.90 Å². The molecular formula is C17H24O3Se. The number of methoxy groups -OCH3 is 1. The van der Waals surface area contributed by atoms with Crippen molar-refractivity contribution in [3.8, 4) is 0 Å². The average molecular weight is 355 g/mol. The number of aliphatic hydroxyl groups excluding tert-OH is 1. The summed E-state index contributed by atoms with van der Waals surface area (Å²) in [6.07, 6.45) is 2.70. The minimum atomic E-state index is -0.863. The van der Waals surface area contributed by atoms with Crippen LogP contribution in [-0.2, 0) is 9.53 Å². The number of benzene rings is 1. The first-order valence-electron chi connectivity index (χ1n) is 7.04. The Balaban J connectivity index is 2.87. The number of rotatable bonds is 7. The maximum atomic E-state index is 12.2. The van der Waals surface area contributed by atoms with E-state index >= 15 is 0 Å². The van der Waals surface area contributed by atoms with Gasteiger partial charge in [-0.25, -0.2) is 0 Å². The Bertz CT molecular complexity index is 480. The first-order valence-corrected chi connectivity index (χ1v) is 8.75. The number of esters is 1. The van der Waals surface area contributed by atoms with Crippen LogP contribution in [-0.4, -0.2) is 39.2 Å². The van der Waals surface area contributed by atoms with E-state index in [2.05, 4.69) is 6.08 Å². The SMILES string of the molecule is COC(=O)[C@@](C)([Se]c1ccccc1)[C@H](O)CCC=C(C)C. The van der Waals surface area contributed by atoms with Crippen LogP contribution in [0, 0.1) is 0 Å². The Morgan fingerprint density at radius 3 is 2.52 bits per heavy atom. The summed E-state index contributed by atoms with van der Waals surface area (Å²) in [5.41, 5.74) is 1.22. The summed E-state index contributed by atoms with van der Waals surface area (Å²) in [7, 11) is 1.38. The number of carbonyl (C=O) groups excluding carboxylic acids is 1. The van der Waals surface area contributed by atoms with Crippen molar-refractivity contribution >= 4 is 25.4 Å². The Kier molecular flexibility index (Phi) is 7.16. The van der Waals surface area contributed by atoms with E-state index in [4.69, 9.17) is 4.74 Å². The van der Waals surface area contributed by atoms with Crippen molar-refractivity contribution in [1.82, 2.24) is 0 Å². The molecule has 3 nitrogen and oxygen atoms in total. The number of ether oxygens (including phenoxy) is 1. The van der Waals surface area contributed by atoms with Gasteiger partial charge < -0.3 is 0 Å². The third kappa shape index (κ3) is 5.31. The molecule has 1 aromatic carbocycles. The van der Waals surface area contributed by atoms with Crippen molar-refractivity contribution < 1.29 is 14.6 Å². The number of hydrogen-bond acceptors (Lipinski definition) is 3. The second kappa shape index (κ2) is 8.38. The summed E-state index contributed by atoms with van der Waals surface area (Å²) >= 11 is -0.189. The molecule has 21 heavy (non-hydrogen) atoms. The Labute approximate surface area is 133 Å². The van der Waals surface area contributed by atoms with Gasteiger partial charge in [-0.2, -0.15) is 0 Å². The summed E-state index contributed by atoms with van der Waals surface area (Å²) in [5.74, 6) is -0.337. The topological polar surface area (TPSA) is 46.5 Å². The van der Waals surface area contributed by atoms with Crippen molar-refractivity contribution in [2.45, 2.75) is 44.0 Å². The molecule has 0 spiro atoms. The number of allylic oxidation sites excluding steroid dienone is 2. The third-order valence-electron chi connectivity index (χ3n) is 3.29. The quantitative estimate of drug-likeness (QED) is 0.464. The van der Waals surface area contributed by atoms with Gasteiger partial charge >= 0.3 is 133 Å². The molecule has 0 bridgehead atoms. The molecule has 0 heterocycles. The monoisotopic (exact) mass is 356 g/mol. The molecule has 0 aliphatic carbocycles. The Morgan fingerprint density at radius 1 is 1.38 bits per heavy atom. The second-order valence-corrected chi connectivity index (χ2v) is 8.59. The normalized spacial score (nSPS) is 14.9. The summed E-state index contributed by atoms with van der Waals surface area (Å²) in [6, 6.07) is 9.82. The van der Waals surface area contributed by atoms with Gasteiger partial charge in [0.25, 0.3) is 0 Å². The number of aliphatic hydroxyl groups is 1. The Morgan fingerprint density at radius 2 is 2.00 bits per heavy atom. The molecule has 0 aromatic heterocycles. The van der Waals surface area contributed by atoms with E-state index in [0.29, 0.717) is 6.42 Å². The molecule has 0 aliphatic rings. The fourth-order valence-electron chi connectivity index (χ4n) is 1.99. The fraction of sp³-hybridized carbons (Fsp3) is 0.471. The molecule has 2 atom stereocenters. The van der Waals surface area contributed by atoms with Gasteiger partial charge in [0, 0.05) is 0 Å². The van der Waals surface area contributed by atoms with E-state index in [1.807, 2.05) is 44.2 Å². The van der Waals surface area contributed by atoms with Gasteiger partial charge in [0.15, 0.2) is 0 Å². The molecule has 1 aromatic rings. The predicted molar refractivity (Wildman–Crippen MR) is 86.9 cm³/mol. The van der Waals surface area contributed by atoms with Gasteiger partial charge in [0.2, 0.25) is 0 Å². The number of hydrogen-bond donors (Lipinski definition) is 1. The van der Waals surface area contributed by atoms with Crippen molar-refractivity contribution in [2.75, 3.05) is 7.11 Å². The van der Waals surface area contributed by atoms with Crippen LogP contribution in [0.3, 0.4) is 0 Å². The van der Waals surface area contributed by atoms with E-state index in [1.165, 1.54) is 12.7 Å². The molecule has 0 saturated heterocycles. The van der Waals surface area contributed by atoms with Crippen molar-refractivity contribution in [2.24, 2.45) is 0 Å². The van der Waals surface area contributed by atoms with Crippen LogP contribution in [0.5, 0.6) is 0 Å². The molecule has 0 amide bonds. The van der Waals surface area contributed by atoms with Crippen LogP contribution in [0.1, 0.15) is 33.6 Å². The van der Waals surface area contributed by atoms with Gasteiger partial charge in [-0.05, 0) is 0 Å². The van der Waals surface area contributed by atoms with E-state index in [1.54, 1.807) is 6.92 Å². The summed E-state index contributed by atoms with van der Waals surface area (Å²) in [5, 5.41) is 10.5. The minimum absolute atomic E-state index is 0.189. The molecule has 0 unspecified atom stereocenters. The van der Waals surface area contributed by atoms with E-state index in [0.717, 1.165) is 10.9 Å².